The molecule has 2 nitrogen and oxygen atoms in total. The third kappa shape index (κ3) is 18.0. The molecule has 0 aromatic rings. The van der Waals surface area contributed by atoms with Crippen LogP contribution in [0.1, 0.15) is 110 Å². The molecule has 1 unspecified atom stereocenters. The summed E-state index contributed by atoms with van der Waals surface area (Å²) in [5.74, 6) is 0. The normalized spacial score (nSPS) is 12.7. The smallest absolute Gasteiger partial charge is 0.0771 e. The third-order valence-corrected chi connectivity index (χ3v) is 4.42. The van der Waals surface area contributed by atoms with Gasteiger partial charge in [-0.05, 0) is 12.8 Å². The van der Waals surface area contributed by atoms with Gasteiger partial charge in [-0.2, -0.15) is 0 Å². The van der Waals surface area contributed by atoms with Gasteiger partial charge in [0.2, 0.25) is 0 Å². The van der Waals surface area contributed by atoms with E-state index in [0.717, 1.165) is 19.4 Å². The summed E-state index contributed by atoms with van der Waals surface area (Å²) in [7, 11) is 0. The Bertz CT molecular complexity index is 194. The predicted molar refractivity (Wildman–Crippen MR) is 97.4 cm³/mol. The number of aliphatic hydroxyl groups is 1. The molecule has 1 N–H and O–H groups in total. The Hall–Kier alpha value is -0.0800. The molecule has 134 valence electrons. The van der Waals surface area contributed by atoms with Gasteiger partial charge in [-0.15, -0.1) is 0 Å². The average Bonchev–Trinajstić information content (AvgIpc) is 2.54. The Morgan fingerprint density at radius 1 is 0.636 bits per heavy atom. The summed E-state index contributed by atoms with van der Waals surface area (Å²) < 4.78 is 5.44. The summed E-state index contributed by atoms with van der Waals surface area (Å²) >= 11 is 0. The quantitative estimate of drug-likeness (QED) is 0.303. The van der Waals surface area contributed by atoms with Crippen LogP contribution < -0.4 is 0 Å². The number of rotatable bonds is 18. The first kappa shape index (κ1) is 21.9. The SMILES string of the molecule is CCCCCCCCCCCCCCCCOCC(O)CC. The van der Waals surface area contributed by atoms with Crippen molar-refractivity contribution < 1.29 is 9.84 Å². The zero-order chi connectivity index (χ0) is 16.3. The lowest BCUT2D eigenvalue weighted by Crippen LogP contribution is -2.14. The van der Waals surface area contributed by atoms with E-state index in [1.54, 1.807) is 0 Å². The van der Waals surface area contributed by atoms with Crippen LogP contribution in [-0.2, 0) is 4.74 Å². The van der Waals surface area contributed by atoms with Gasteiger partial charge in [0.25, 0.3) is 0 Å². The zero-order valence-electron chi connectivity index (χ0n) is 15.5. The lowest BCUT2D eigenvalue weighted by molar-refractivity contribution is 0.0335. The lowest BCUT2D eigenvalue weighted by Gasteiger charge is -2.08. The van der Waals surface area contributed by atoms with Crippen molar-refractivity contribution in [1.82, 2.24) is 0 Å². The number of unbranched alkanes of at least 4 members (excludes halogenated alkanes) is 13. The second-order valence-electron chi connectivity index (χ2n) is 6.73. The molecule has 0 rings (SSSR count). The minimum Gasteiger partial charge on any atom is -0.391 e. The molecule has 0 fully saturated rings. The fourth-order valence-electron chi connectivity index (χ4n) is 2.74. The lowest BCUT2D eigenvalue weighted by atomic mass is 10.0. The van der Waals surface area contributed by atoms with Crippen molar-refractivity contribution in [2.24, 2.45) is 0 Å². The fourth-order valence-corrected chi connectivity index (χ4v) is 2.74. The molecule has 2 heteroatoms. The van der Waals surface area contributed by atoms with E-state index in [9.17, 15) is 5.11 Å². The third-order valence-electron chi connectivity index (χ3n) is 4.42. The topological polar surface area (TPSA) is 29.5 Å². The summed E-state index contributed by atoms with van der Waals surface area (Å²) in [5, 5.41) is 9.35. The van der Waals surface area contributed by atoms with Crippen molar-refractivity contribution >= 4 is 0 Å². The molecule has 0 aromatic carbocycles. The first-order valence-corrected chi connectivity index (χ1v) is 10.1. The molecule has 0 spiro atoms. The highest BCUT2D eigenvalue weighted by atomic mass is 16.5. The molecule has 0 heterocycles. The Kier molecular flexibility index (Phi) is 18.9. The number of aliphatic hydroxyl groups excluding tert-OH is 1. The molecule has 0 saturated carbocycles. The van der Waals surface area contributed by atoms with Gasteiger partial charge in [0.05, 0.1) is 12.7 Å². The summed E-state index contributed by atoms with van der Waals surface area (Å²) in [6, 6.07) is 0. The minimum absolute atomic E-state index is 0.272. The van der Waals surface area contributed by atoms with Crippen LogP contribution in [-0.4, -0.2) is 24.4 Å². The van der Waals surface area contributed by atoms with Crippen LogP contribution in [0.25, 0.3) is 0 Å². The highest BCUT2D eigenvalue weighted by Crippen LogP contribution is 2.12. The van der Waals surface area contributed by atoms with Crippen LogP contribution in [0, 0.1) is 0 Å². The van der Waals surface area contributed by atoms with Crippen molar-refractivity contribution in [3.8, 4) is 0 Å². The largest absolute Gasteiger partial charge is 0.391 e. The standard InChI is InChI=1S/C20H42O2/c1-3-5-6-7-8-9-10-11-12-13-14-15-16-17-18-22-19-20(21)4-2/h20-21H,3-19H2,1-2H3. The molecule has 0 amide bonds. The molecule has 0 saturated heterocycles. The minimum atomic E-state index is -0.272. The van der Waals surface area contributed by atoms with Gasteiger partial charge in [0, 0.05) is 6.61 Å². The van der Waals surface area contributed by atoms with E-state index in [0.29, 0.717) is 6.61 Å². The van der Waals surface area contributed by atoms with Crippen LogP contribution in [0.2, 0.25) is 0 Å². The molecule has 0 aromatic heterocycles. The van der Waals surface area contributed by atoms with Gasteiger partial charge < -0.3 is 9.84 Å². The van der Waals surface area contributed by atoms with Crippen molar-refractivity contribution in [1.29, 1.82) is 0 Å². The Morgan fingerprint density at radius 3 is 1.45 bits per heavy atom. The molecule has 0 radical (unpaired) electrons. The monoisotopic (exact) mass is 314 g/mol. The molecule has 0 bridgehead atoms. The zero-order valence-corrected chi connectivity index (χ0v) is 15.5. The van der Waals surface area contributed by atoms with Crippen LogP contribution in [0.3, 0.4) is 0 Å². The maximum absolute atomic E-state index is 9.35. The summed E-state index contributed by atoms with van der Waals surface area (Å²) in [4.78, 5) is 0. The molecule has 0 aliphatic carbocycles. The Labute approximate surface area is 140 Å². The summed E-state index contributed by atoms with van der Waals surface area (Å²) in [6.45, 7) is 5.59. The molecular weight excluding hydrogens is 272 g/mol. The van der Waals surface area contributed by atoms with E-state index < -0.39 is 0 Å². The van der Waals surface area contributed by atoms with Gasteiger partial charge in [-0.1, -0.05) is 97.3 Å². The van der Waals surface area contributed by atoms with Crippen LogP contribution >= 0.6 is 0 Å². The second kappa shape index (κ2) is 19.0. The summed E-state index contributed by atoms with van der Waals surface area (Å²) in [6.07, 6.45) is 20.0. The maximum atomic E-state index is 9.35. The highest BCUT2D eigenvalue weighted by Gasteiger charge is 1.99. The van der Waals surface area contributed by atoms with Gasteiger partial charge in [-0.3, -0.25) is 0 Å². The molecule has 22 heavy (non-hydrogen) atoms. The number of hydrogen-bond acceptors (Lipinski definition) is 2. The van der Waals surface area contributed by atoms with Gasteiger partial charge in [-0.25, -0.2) is 0 Å². The van der Waals surface area contributed by atoms with E-state index in [4.69, 9.17) is 4.74 Å². The highest BCUT2D eigenvalue weighted by molar-refractivity contribution is 4.51. The maximum Gasteiger partial charge on any atom is 0.0771 e. The van der Waals surface area contributed by atoms with Crippen molar-refractivity contribution in [2.75, 3.05) is 13.2 Å². The molecule has 0 aliphatic heterocycles. The van der Waals surface area contributed by atoms with E-state index in [1.807, 2.05) is 6.92 Å². The molecule has 1 atom stereocenters. The van der Waals surface area contributed by atoms with Crippen molar-refractivity contribution in [3.05, 3.63) is 0 Å². The number of hydrogen-bond donors (Lipinski definition) is 1. The molecule has 0 aliphatic rings. The molecular formula is C20H42O2. The van der Waals surface area contributed by atoms with E-state index in [2.05, 4.69) is 6.92 Å². The average molecular weight is 315 g/mol. The van der Waals surface area contributed by atoms with Crippen LogP contribution in [0.5, 0.6) is 0 Å². The fraction of sp³-hybridized carbons (Fsp3) is 1.00. The van der Waals surface area contributed by atoms with E-state index in [-0.39, 0.29) is 6.10 Å². The first-order valence-electron chi connectivity index (χ1n) is 10.1. The van der Waals surface area contributed by atoms with Gasteiger partial charge in [0.15, 0.2) is 0 Å². The second-order valence-corrected chi connectivity index (χ2v) is 6.73. The van der Waals surface area contributed by atoms with Gasteiger partial charge in [0.1, 0.15) is 0 Å². The Balaban J connectivity index is 2.97. The summed E-state index contributed by atoms with van der Waals surface area (Å²) in [5.41, 5.74) is 0. The predicted octanol–water partition coefficient (Wildman–Crippen LogP) is 6.26. The van der Waals surface area contributed by atoms with Gasteiger partial charge >= 0.3 is 0 Å². The number of ether oxygens (including phenoxy) is 1. The van der Waals surface area contributed by atoms with Crippen LogP contribution in [0.4, 0.5) is 0 Å². The van der Waals surface area contributed by atoms with Crippen molar-refractivity contribution in [2.45, 2.75) is 116 Å². The van der Waals surface area contributed by atoms with E-state index >= 15 is 0 Å². The van der Waals surface area contributed by atoms with E-state index in [1.165, 1.54) is 83.5 Å². The Morgan fingerprint density at radius 2 is 1.05 bits per heavy atom. The van der Waals surface area contributed by atoms with Crippen LogP contribution in [0.15, 0.2) is 0 Å². The first-order chi connectivity index (χ1) is 10.8. The van der Waals surface area contributed by atoms with Crippen molar-refractivity contribution in [3.63, 3.8) is 0 Å².